The maximum Gasteiger partial charge on any atom is 0.0409 e. The van der Waals surface area contributed by atoms with E-state index in [0.29, 0.717) is 0 Å². The molecule has 2 rings (SSSR count). The van der Waals surface area contributed by atoms with Crippen molar-refractivity contribution in [3.63, 3.8) is 0 Å². The topological polar surface area (TPSA) is 0 Å². The van der Waals surface area contributed by atoms with Gasteiger partial charge in [0.1, 0.15) is 0 Å². The molecule has 0 N–H and O–H groups in total. The average molecular weight is 397 g/mol. The van der Waals surface area contributed by atoms with Gasteiger partial charge < -0.3 is 0 Å². The third kappa shape index (κ3) is 5.14. The Morgan fingerprint density at radius 3 is 1.85 bits per heavy atom. The fraction of sp³-hybridized carbons (Fsp3) is 0.111. The first kappa shape index (κ1) is 17.0. The Hall–Kier alpha value is -1.06. The van der Waals surface area contributed by atoms with E-state index in [4.69, 9.17) is 11.6 Å². The lowest BCUT2D eigenvalue weighted by molar-refractivity contribution is 1.42. The maximum atomic E-state index is 5.74. The molecule has 0 bridgehead atoms. The SMILES string of the molecule is C=Cc1ccc(Cl)cc1C.C=Cc1ccc(I)cc1C. The molecule has 0 nitrogen and oxygen atoms in total. The van der Waals surface area contributed by atoms with E-state index in [0.717, 1.165) is 10.6 Å². The molecule has 0 unspecified atom stereocenters. The van der Waals surface area contributed by atoms with Crippen molar-refractivity contribution in [2.75, 3.05) is 0 Å². The number of hydrogen-bond donors (Lipinski definition) is 0. The van der Waals surface area contributed by atoms with Crippen LogP contribution in [-0.4, -0.2) is 0 Å². The molecule has 0 aliphatic carbocycles. The predicted molar refractivity (Wildman–Crippen MR) is 100 cm³/mol. The summed E-state index contributed by atoms with van der Waals surface area (Å²) in [5.41, 5.74) is 4.83. The third-order valence-electron chi connectivity index (χ3n) is 2.90. The standard InChI is InChI=1S/C9H9Cl.C9H9I/c2*1-3-8-4-5-9(10)6-7(8)2/h2*3-6H,1H2,2H3. The molecule has 0 aliphatic heterocycles. The molecule has 20 heavy (non-hydrogen) atoms. The van der Waals surface area contributed by atoms with Crippen molar-refractivity contribution in [2.45, 2.75) is 13.8 Å². The quantitative estimate of drug-likeness (QED) is 0.506. The van der Waals surface area contributed by atoms with Gasteiger partial charge in [-0.25, -0.2) is 0 Å². The Morgan fingerprint density at radius 1 is 0.900 bits per heavy atom. The molecule has 0 fully saturated rings. The zero-order valence-electron chi connectivity index (χ0n) is 11.8. The van der Waals surface area contributed by atoms with Crippen molar-refractivity contribution < 1.29 is 0 Å². The number of benzene rings is 2. The highest BCUT2D eigenvalue weighted by molar-refractivity contribution is 14.1. The Bertz CT molecular complexity index is 559. The minimum Gasteiger partial charge on any atom is -0.0985 e. The minimum atomic E-state index is 0.781. The van der Waals surface area contributed by atoms with Gasteiger partial charge in [0, 0.05) is 8.59 Å². The van der Waals surface area contributed by atoms with E-state index < -0.39 is 0 Å². The molecular formula is C18H18ClI. The van der Waals surface area contributed by atoms with E-state index >= 15 is 0 Å². The largest absolute Gasteiger partial charge is 0.0985 e. The van der Waals surface area contributed by atoms with Crippen molar-refractivity contribution in [3.8, 4) is 0 Å². The monoisotopic (exact) mass is 396 g/mol. The van der Waals surface area contributed by atoms with Gasteiger partial charge in [0.05, 0.1) is 0 Å². The molecule has 0 aliphatic rings. The molecule has 0 saturated heterocycles. The number of rotatable bonds is 2. The summed E-state index contributed by atoms with van der Waals surface area (Å²) in [6, 6.07) is 12.1. The Morgan fingerprint density at radius 2 is 1.40 bits per heavy atom. The van der Waals surface area contributed by atoms with E-state index in [-0.39, 0.29) is 0 Å². The van der Waals surface area contributed by atoms with Crippen LogP contribution in [0.15, 0.2) is 49.6 Å². The first-order chi connectivity index (χ1) is 9.47. The van der Waals surface area contributed by atoms with E-state index in [1.165, 1.54) is 20.3 Å². The second kappa shape index (κ2) is 8.28. The summed E-state index contributed by atoms with van der Waals surface area (Å²) >= 11 is 8.04. The second-order valence-electron chi connectivity index (χ2n) is 4.41. The fourth-order valence-corrected chi connectivity index (χ4v) is 2.61. The van der Waals surface area contributed by atoms with Gasteiger partial charge in [-0.15, -0.1) is 0 Å². The summed E-state index contributed by atoms with van der Waals surface area (Å²) in [5.74, 6) is 0. The number of halogens is 2. The van der Waals surface area contributed by atoms with E-state index in [2.05, 4.69) is 60.9 Å². The Labute approximate surface area is 140 Å². The van der Waals surface area contributed by atoms with Crippen LogP contribution in [0.5, 0.6) is 0 Å². The van der Waals surface area contributed by atoms with Crippen molar-refractivity contribution in [2.24, 2.45) is 0 Å². The first-order valence-electron chi connectivity index (χ1n) is 6.25. The van der Waals surface area contributed by atoms with Crippen LogP contribution >= 0.6 is 34.2 Å². The summed E-state index contributed by atoms with van der Waals surface area (Å²) in [5, 5.41) is 0.781. The molecule has 0 amide bonds. The normalized spacial score (nSPS) is 9.40. The number of aryl methyl sites for hydroxylation is 2. The van der Waals surface area contributed by atoms with E-state index in [9.17, 15) is 0 Å². The van der Waals surface area contributed by atoms with Crippen LogP contribution in [0.2, 0.25) is 5.02 Å². The zero-order chi connectivity index (χ0) is 15.1. The van der Waals surface area contributed by atoms with Crippen LogP contribution in [0.4, 0.5) is 0 Å². The summed E-state index contributed by atoms with van der Waals surface area (Å²) in [4.78, 5) is 0. The van der Waals surface area contributed by atoms with Crippen LogP contribution in [0.1, 0.15) is 22.3 Å². The van der Waals surface area contributed by atoms with E-state index in [1.807, 2.05) is 37.3 Å². The highest BCUT2D eigenvalue weighted by Crippen LogP contribution is 2.15. The van der Waals surface area contributed by atoms with Gasteiger partial charge in [-0.2, -0.15) is 0 Å². The third-order valence-corrected chi connectivity index (χ3v) is 3.81. The van der Waals surface area contributed by atoms with Crippen molar-refractivity contribution >= 4 is 46.3 Å². The molecule has 0 saturated carbocycles. The lowest BCUT2D eigenvalue weighted by Crippen LogP contribution is -1.80. The maximum absolute atomic E-state index is 5.74. The van der Waals surface area contributed by atoms with Crippen LogP contribution in [0, 0.1) is 17.4 Å². The lowest BCUT2D eigenvalue weighted by Gasteiger charge is -1.98. The van der Waals surface area contributed by atoms with Crippen LogP contribution in [0.25, 0.3) is 12.2 Å². The van der Waals surface area contributed by atoms with Crippen molar-refractivity contribution in [3.05, 3.63) is 80.4 Å². The van der Waals surface area contributed by atoms with Gasteiger partial charge >= 0.3 is 0 Å². The molecule has 0 radical (unpaired) electrons. The highest BCUT2D eigenvalue weighted by Gasteiger charge is 1.93. The summed E-state index contributed by atoms with van der Waals surface area (Å²) in [6.07, 6.45) is 3.71. The average Bonchev–Trinajstić information content (AvgIpc) is 2.40. The lowest BCUT2D eigenvalue weighted by atomic mass is 10.1. The molecule has 2 aromatic rings. The summed E-state index contributed by atoms with van der Waals surface area (Å²) in [6.45, 7) is 11.5. The van der Waals surface area contributed by atoms with Gasteiger partial charge in [-0.1, -0.05) is 49.0 Å². The van der Waals surface area contributed by atoms with Gasteiger partial charge in [-0.05, 0) is 83.0 Å². The van der Waals surface area contributed by atoms with Crippen LogP contribution < -0.4 is 0 Å². The van der Waals surface area contributed by atoms with Gasteiger partial charge in [0.15, 0.2) is 0 Å². The molecule has 104 valence electrons. The van der Waals surface area contributed by atoms with E-state index in [1.54, 1.807) is 0 Å². The van der Waals surface area contributed by atoms with Gasteiger partial charge in [0.25, 0.3) is 0 Å². The summed E-state index contributed by atoms with van der Waals surface area (Å²) < 4.78 is 1.28. The molecule has 2 heteroatoms. The predicted octanol–water partition coefficient (Wildman–Crippen LogP) is 6.53. The molecule has 0 aromatic heterocycles. The zero-order valence-corrected chi connectivity index (χ0v) is 14.7. The molecule has 2 aromatic carbocycles. The van der Waals surface area contributed by atoms with Gasteiger partial charge in [-0.3, -0.25) is 0 Å². The van der Waals surface area contributed by atoms with Gasteiger partial charge in [0.2, 0.25) is 0 Å². The summed E-state index contributed by atoms with van der Waals surface area (Å²) in [7, 11) is 0. The Kier molecular flexibility index (Phi) is 7.03. The van der Waals surface area contributed by atoms with Crippen molar-refractivity contribution in [1.29, 1.82) is 0 Å². The highest BCUT2D eigenvalue weighted by atomic mass is 127. The fourth-order valence-electron chi connectivity index (χ4n) is 1.74. The Balaban J connectivity index is 0.000000200. The van der Waals surface area contributed by atoms with Crippen LogP contribution in [-0.2, 0) is 0 Å². The van der Waals surface area contributed by atoms with Crippen LogP contribution in [0.3, 0.4) is 0 Å². The minimum absolute atomic E-state index is 0.781. The molecular weight excluding hydrogens is 379 g/mol. The smallest absolute Gasteiger partial charge is 0.0409 e. The molecule has 0 heterocycles. The molecule has 0 spiro atoms. The first-order valence-corrected chi connectivity index (χ1v) is 7.70. The van der Waals surface area contributed by atoms with Crippen molar-refractivity contribution in [1.82, 2.24) is 0 Å². The number of hydrogen-bond acceptors (Lipinski definition) is 0. The molecule has 0 atom stereocenters. The second-order valence-corrected chi connectivity index (χ2v) is 6.09.